The Morgan fingerprint density at radius 1 is 1.12 bits per heavy atom. The minimum atomic E-state index is 0.0466. The van der Waals surface area contributed by atoms with Crippen LogP contribution in [0.3, 0.4) is 0 Å². The Morgan fingerprint density at radius 3 is 2.66 bits per heavy atom. The summed E-state index contributed by atoms with van der Waals surface area (Å²) in [5.41, 5.74) is 0. The van der Waals surface area contributed by atoms with Gasteiger partial charge in [0.15, 0.2) is 5.82 Å². The average molecular weight is 456 g/mol. The molecule has 2 heterocycles. The average Bonchev–Trinajstić information content (AvgIpc) is 3.57. The van der Waals surface area contributed by atoms with Crippen molar-refractivity contribution in [2.75, 3.05) is 45.2 Å². The van der Waals surface area contributed by atoms with Crippen molar-refractivity contribution in [2.45, 2.75) is 57.0 Å². The van der Waals surface area contributed by atoms with Gasteiger partial charge in [-0.2, -0.15) is 4.37 Å². The van der Waals surface area contributed by atoms with Crippen LogP contribution in [0.5, 0.6) is 0 Å². The first-order valence-electron chi connectivity index (χ1n) is 12.4. The SMILES string of the molecule is CN(C)C(=O)NC1CCC(CCN2CCN(c3nsc4ccccc34)[C@H](C3CC3)C2)CC1. The largest absolute Gasteiger partial charge is 0.349 e. The third kappa shape index (κ3) is 4.88. The summed E-state index contributed by atoms with van der Waals surface area (Å²) in [6.45, 7) is 4.64. The fourth-order valence-electron chi connectivity index (χ4n) is 5.56. The lowest BCUT2D eigenvalue weighted by molar-refractivity contribution is 0.180. The number of carbonyl (C=O) groups is 1. The highest BCUT2D eigenvalue weighted by Gasteiger charge is 2.40. The lowest BCUT2D eigenvalue weighted by Crippen LogP contribution is -2.54. The normalized spacial score (nSPS) is 26.9. The minimum Gasteiger partial charge on any atom is -0.349 e. The number of aromatic nitrogens is 1. The summed E-state index contributed by atoms with van der Waals surface area (Å²) in [5.74, 6) is 2.87. The van der Waals surface area contributed by atoms with Crippen LogP contribution in [0.25, 0.3) is 10.1 Å². The molecule has 3 fully saturated rings. The van der Waals surface area contributed by atoms with E-state index in [-0.39, 0.29) is 6.03 Å². The summed E-state index contributed by atoms with van der Waals surface area (Å²) >= 11 is 1.64. The zero-order valence-corrected chi connectivity index (χ0v) is 20.3. The molecule has 3 aliphatic rings. The molecular formula is C25H37N5OS. The van der Waals surface area contributed by atoms with E-state index in [4.69, 9.17) is 4.37 Å². The maximum Gasteiger partial charge on any atom is 0.317 e. The zero-order chi connectivity index (χ0) is 22.1. The molecule has 2 saturated carbocycles. The maximum absolute atomic E-state index is 11.9. The molecule has 2 amide bonds. The molecule has 0 unspecified atom stereocenters. The standard InChI is InChI=1S/C25H37N5OS/c1-28(2)25(31)26-20-11-7-18(8-12-20)13-14-29-15-16-30(22(17-29)19-9-10-19)24-21-5-3-4-6-23(21)32-27-24/h3-6,18-20,22H,7-17H2,1-2H3,(H,26,31)/t18?,20?,22-/m0/s1. The number of nitrogens with one attached hydrogen (secondary N) is 1. The van der Waals surface area contributed by atoms with E-state index in [2.05, 4.69) is 39.4 Å². The minimum absolute atomic E-state index is 0.0466. The Balaban J connectivity index is 1.13. The number of rotatable bonds is 6. The lowest BCUT2D eigenvalue weighted by atomic mass is 9.84. The fraction of sp³-hybridized carbons (Fsp3) is 0.680. The molecule has 1 N–H and O–H groups in total. The van der Waals surface area contributed by atoms with Crippen molar-refractivity contribution in [1.29, 1.82) is 0 Å². The van der Waals surface area contributed by atoms with Crippen LogP contribution in [-0.2, 0) is 0 Å². The van der Waals surface area contributed by atoms with Crippen molar-refractivity contribution in [3.05, 3.63) is 24.3 Å². The molecule has 7 heteroatoms. The van der Waals surface area contributed by atoms with Crippen molar-refractivity contribution >= 4 is 33.5 Å². The Labute approximate surface area is 196 Å². The van der Waals surface area contributed by atoms with Crippen LogP contribution < -0.4 is 10.2 Å². The van der Waals surface area contributed by atoms with Gasteiger partial charge in [-0.1, -0.05) is 12.1 Å². The second kappa shape index (κ2) is 9.56. The summed E-state index contributed by atoms with van der Waals surface area (Å²) in [4.78, 5) is 18.9. The van der Waals surface area contributed by atoms with E-state index in [9.17, 15) is 4.79 Å². The monoisotopic (exact) mass is 455 g/mol. The van der Waals surface area contributed by atoms with Crippen LogP contribution in [-0.4, -0.2) is 72.6 Å². The highest BCUT2D eigenvalue weighted by Crippen LogP contribution is 2.41. The number of amides is 2. The van der Waals surface area contributed by atoms with Crippen LogP contribution in [0.4, 0.5) is 10.6 Å². The van der Waals surface area contributed by atoms with E-state index < -0.39 is 0 Å². The van der Waals surface area contributed by atoms with Gasteiger partial charge in [0.25, 0.3) is 0 Å². The Bertz CT molecular complexity index is 918. The second-order valence-corrected chi connectivity index (χ2v) is 11.1. The smallest absolute Gasteiger partial charge is 0.317 e. The van der Waals surface area contributed by atoms with Crippen LogP contribution in [0.15, 0.2) is 24.3 Å². The van der Waals surface area contributed by atoms with E-state index in [1.165, 1.54) is 61.1 Å². The molecule has 1 aromatic heterocycles. The van der Waals surface area contributed by atoms with Gasteiger partial charge in [-0.25, -0.2) is 4.79 Å². The molecule has 1 saturated heterocycles. The van der Waals surface area contributed by atoms with Crippen molar-refractivity contribution < 1.29 is 4.79 Å². The third-order valence-corrected chi connectivity index (χ3v) is 8.55. The molecule has 1 atom stereocenters. The number of fused-ring (bicyclic) bond motifs is 1. The number of nitrogens with zero attached hydrogens (tertiary/aromatic N) is 4. The number of carbonyl (C=O) groups excluding carboxylic acids is 1. The van der Waals surface area contributed by atoms with Gasteiger partial charge in [0, 0.05) is 51.2 Å². The molecule has 0 radical (unpaired) electrons. The molecular weight excluding hydrogens is 418 g/mol. The molecule has 0 bridgehead atoms. The number of hydrogen-bond acceptors (Lipinski definition) is 5. The molecule has 32 heavy (non-hydrogen) atoms. The first kappa shape index (κ1) is 22.0. The number of benzene rings is 1. The number of urea groups is 1. The van der Waals surface area contributed by atoms with E-state index in [1.54, 1.807) is 16.4 Å². The fourth-order valence-corrected chi connectivity index (χ4v) is 6.35. The van der Waals surface area contributed by atoms with Crippen molar-refractivity contribution in [2.24, 2.45) is 11.8 Å². The van der Waals surface area contributed by atoms with Gasteiger partial charge in [0.2, 0.25) is 0 Å². The molecule has 174 valence electrons. The van der Waals surface area contributed by atoms with Gasteiger partial charge < -0.3 is 15.1 Å². The number of piperazine rings is 1. The topological polar surface area (TPSA) is 51.7 Å². The molecule has 1 aliphatic heterocycles. The third-order valence-electron chi connectivity index (χ3n) is 7.73. The summed E-state index contributed by atoms with van der Waals surface area (Å²) in [6.07, 6.45) is 8.79. The van der Waals surface area contributed by atoms with E-state index in [0.29, 0.717) is 12.1 Å². The number of anilines is 1. The van der Waals surface area contributed by atoms with Crippen LogP contribution in [0, 0.1) is 11.8 Å². The predicted octanol–water partition coefficient (Wildman–Crippen LogP) is 4.42. The van der Waals surface area contributed by atoms with Crippen molar-refractivity contribution in [3.63, 3.8) is 0 Å². The van der Waals surface area contributed by atoms with Gasteiger partial charge >= 0.3 is 6.03 Å². The Kier molecular flexibility index (Phi) is 6.56. The van der Waals surface area contributed by atoms with Crippen molar-refractivity contribution in [3.8, 4) is 0 Å². The van der Waals surface area contributed by atoms with Crippen LogP contribution in [0.2, 0.25) is 0 Å². The second-order valence-electron chi connectivity index (χ2n) is 10.3. The van der Waals surface area contributed by atoms with Gasteiger partial charge in [0.05, 0.1) is 4.70 Å². The first-order valence-corrected chi connectivity index (χ1v) is 13.2. The van der Waals surface area contributed by atoms with Crippen molar-refractivity contribution in [1.82, 2.24) is 19.5 Å². The van der Waals surface area contributed by atoms with E-state index in [0.717, 1.165) is 37.8 Å². The van der Waals surface area contributed by atoms with Gasteiger partial charge in [-0.3, -0.25) is 4.90 Å². The predicted molar refractivity (Wildman–Crippen MR) is 132 cm³/mol. The molecule has 6 nitrogen and oxygen atoms in total. The van der Waals surface area contributed by atoms with Crippen LogP contribution in [0.1, 0.15) is 44.9 Å². The Hall–Kier alpha value is -1.86. The zero-order valence-electron chi connectivity index (χ0n) is 19.5. The molecule has 0 spiro atoms. The Morgan fingerprint density at radius 2 is 1.91 bits per heavy atom. The molecule has 1 aromatic carbocycles. The van der Waals surface area contributed by atoms with Gasteiger partial charge in [0.1, 0.15) is 0 Å². The van der Waals surface area contributed by atoms with Gasteiger partial charge in [-0.15, -0.1) is 0 Å². The first-order chi connectivity index (χ1) is 15.6. The number of hydrogen-bond donors (Lipinski definition) is 1. The quantitative estimate of drug-likeness (QED) is 0.701. The lowest BCUT2D eigenvalue weighted by Gasteiger charge is -2.43. The summed E-state index contributed by atoms with van der Waals surface area (Å²) < 4.78 is 6.18. The van der Waals surface area contributed by atoms with Gasteiger partial charge in [-0.05, 0) is 87.0 Å². The highest BCUT2D eigenvalue weighted by atomic mass is 32.1. The molecule has 2 aromatic rings. The molecule has 5 rings (SSSR count). The van der Waals surface area contributed by atoms with E-state index >= 15 is 0 Å². The summed E-state index contributed by atoms with van der Waals surface area (Å²) in [6, 6.07) is 9.71. The van der Waals surface area contributed by atoms with E-state index in [1.807, 2.05) is 14.1 Å². The summed E-state index contributed by atoms with van der Waals surface area (Å²) in [5, 5.41) is 4.49. The highest BCUT2D eigenvalue weighted by molar-refractivity contribution is 7.13. The molecule has 2 aliphatic carbocycles. The van der Waals surface area contributed by atoms with Crippen LogP contribution >= 0.6 is 11.5 Å². The summed E-state index contributed by atoms with van der Waals surface area (Å²) in [7, 11) is 3.62. The maximum atomic E-state index is 11.9.